The van der Waals surface area contributed by atoms with E-state index >= 15 is 0 Å². The first-order valence-electron chi connectivity index (χ1n) is 9.44. The molecule has 1 aromatic heterocycles. The zero-order chi connectivity index (χ0) is 20.8. The molecule has 1 heterocycles. The molecule has 3 rings (SSSR count). The van der Waals surface area contributed by atoms with E-state index in [2.05, 4.69) is 16.0 Å². The lowest BCUT2D eigenvalue weighted by Crippen LogP contribution is -2.24. The van der Waals surface area contributed by atoms with Crippen LogP contribution >= 0.6 is 0 Å². The number of nitrogens with one attached hydrogen (secondary N) is 3. The van der Waals surface area contributed by atoms with Gasteiger partial charge in [0, 0.05) is 16.9 Å². The molecule has 29 heavy (non-hydrogen) atoms. The SMILES string of the molecule is Cc1cc(C)c(NC(=O)CNc2cccc(C(=O)NCc3ccco3)c2)c(C)c1. The van der Waals surface area contributed by atoms with E-state index in [0.717, 1.165) is 16.8 Å². The fourth-order valence-electron chi connectivity index (χ4n) is 3.20. The van der Waals surface area contributed by atoms with Crippen molar-refractivity contribution in [2.45, 2.75) is 27.3 Å². The molecule has 0 saturated carbocycles. The third-order valence-corrected chi connectivity index (χ3v) is 4.52. The molecule has 0 saturated heterocycles. The summed E-state index contributed by atoms with van der Waals surface area (Å²) in [7, 11) is 0. The van der Waals surface area contributed by atoms with Crippen LogP contribution in [0.15, 0.2) is 59.2 Å². The Kier molecular flexibility index (Phi) is 6.34. The molecule has 150 valence electrons. The van der Waals surface area contributed by atoms with Crippen LogP contribution in [0.25, 0.3) is 0 Å². The maximum absolute atomic E-state index is 12.4. The third kappa shape index (κ3) is 5.48. The van der Waals surface area contributed by atoms with E-state index in [1.807, 2.05) is 39.0 Å². The van der Waals surface area contributed by atoms with Crippen molar-refractivity contribution in [3.8, 4) is 0 Å². The molecule has 3 N–H and O–H groups in total. The predicted molar refractivity (Wildman–Crippen MR) is 114 cm³/mol. The molecule has 0 radical (unpaired) electrons. The lowest BCUT2D eigenvalue weighted by molar-refractivity contribution is -0.114. The average Bonchev–Trinajstić information content (AvgIpc) is 3.21. The van der Waals surface area contributed by atoms with Gasteiger partial charge in [0.1, 0.15) is 5.76 Å². The number of rotatable bonds is 7. The van der Waals surface area contributed by atoms with Crippen LogP contribution < -0.4 is 16.0 Å². The summed E-state index contributed by atoms with van der Waals surface area (Å²) in [6.07, 6.45) is 1.57. The van der Waals surface area contributed by atoms with Crippen LogP contribution in [0.1, 0.15) is 32.8 Å². The first kappa shape index (κ1) is 20.2. The highest BCUT2D eigenvalue weighted by Crippen LogP contribution is 2.21. The number of carbonyl (C=O) groups excluding carboxylic acids is 2. The van der Waals surface area contributed by atoms with Crippen molar-refractivity contribution < 1.29 is 14.0 Å². The second kappa shape index (κ2) is 9.10. The fourth-order valence-corrected chi connectivity index (χ4v) is 3.20. The lowest BCUT2D eigenvalue weighted by Gasteiger charge is -2.14. The van der Waals surface area contributed by atoms with Crippen LogP contribution in [0.5, 0.6) is 0 Å². The molecule has 6 nitrogen and oxygen atoms in total. The number of furan rings is 1. The summed E-state index contributed by atoms with van der Waals surface area (Å²) in [5.41, 5.74) is 5.28. The smallest absolute Gasteiger partial charge is 0.251 e. The van der Waals surface area contributed by atoms with E-state index in [-0.39, 0.29) is 18.4 Å². The predicted octanol–water partition coefficient (Wildman–Crippen LogP) is 4.19. The van der Waals surface area contributed by atoms with Crippen molar-refractivity contribution in [3.05, 3.63) is 82.8 Å². The normalized spacial score (nSPS) is 10.4. The van der Waals surface area contributed by atoms with Gasteiger partial charge in [0.2, 0.25) is 5.91 Å². The number of hydrogen-bond donors (Lipinski definition) is 3. The first-order valence-corrected chi connectivity index (χ1v) is 9.44. The first-order chi connectivity index (χ1) is 13.9. The summed E-state index contributed by atoms with van der Waals surface area (Å²) >= 11 is 0. The van der Waals surface area contributed by atoms with E-state index < -0.39 is 0 Å². The Hall–Kier alpha value is -3.54. The van der Waals surface area contributed by atoms with Gasteiger partial charge in [0.25, 0.3) is 5.91 Å². The minimum atomic E-state index is -0.208. The van der Waals surface area contributed by atoms with Crippen molar-refractivity contribution in [1.29, 1.82) is 0 Å². The summed E-state index contributed by atoms with van der Waals surface area (Å²) in [5.74, 6) is 0.333. The minimum Gasteiger partial charge on any atom is -0.467 e. The van der Waals surface area contributed by atoms with Gasteiger partial charge in [-0.05, 0) is 62.2 Å². The van der Waals surface area contributed by atoms with Gasteiger partial charge in [-0.15, -0.1) is 0 Å². The highest BCUT2D eigenvalue weighted by Gasteiger charge is 2.10. The Morgan fingerprint density at radius 3 is 2.41 bits per heavy atom. The van der Waals surface area contributed by atoms with Gasteiger partial charge in [0.05, 0.1) is 19.4 Å². The minimum absolute atomic E-state index is 0.101. The monoisotopic (exact) mass is 391 g/mol. The number of aryl methyl sites for hydroxylation is 3. The molecule has 2 amide bonds. The van der Waals surface area contributed by atoms with Gasteiger partial charge in [-0.2, -0.15) is 0 Å². The van der Waals surface area contributed by atoms with Gasteiger partial charge in [0.15, 0.2) is 0 Å². The second-order valence-electron chi connectivity index (χ2n) is 7.02. The maximum Gasteiger partial charge on any atom is 0.251 e. The molecule has 0 fully saturated rings. The van der Waals surface area contributed by atoms with Gasteiger partial charge >= 0.3 is 0 Å². The molecule has 0 aliphatic rings. The summed E-state index contributed by atoms with van der Waals surface area (Å²) in [4.78, 5) is 24.7. The Morgan fingerprint density at radius 1 is 0.966 bits per heavy atom. The van der Waals surface area contributed by atoms with E-state index in [9.17, 15) is 9.59 Å². The molecule has 6 heteroatoms. The molecule has 0 spiro atoms. The summed E-state index contributed by atoms with van der Waals surface area (Å²) in [6, 6.07) is 14.7. The summed E-state index contributed by atoms with van der Waals surface area (Å²) in [6.45, 7) is 6.41. The Morgan fingerprint density at radius 2 is 1.72 bits per heavy atom. The number of hydrogen-bond acceptors (Lipinski definition) is 4. The Bertz CT molecular complexity index is 987. The molecule has 0 bridgehead atoms. The Labute approximate surface area is 170 Å². The zero-order valence-electron chi connectivity index (χ0n) is 16.8. The fraction of sp³-hybridized carbons (Fsp3) is 0.217. The van der Waals surface area contributed by atoms with Crippen molar-refractivity contribution in [3.63, 3.8) is 0 Å². The maximum atomic E-state index is 12.4. The summed E-state index contributed by atoms with van der Waals surface area (Å²) in [5, 5.41) is 8.83. The van der Waals surface area contributed by atoms with Crippen molar-refractivity contribution in [2.75, 3.05) is 17.2 Å². The molecule has 0 atom stereocenters. The molecule has 0 aliphatic carbocycles. The average molecular weight is 391 g/mol. The van der Waals surface area contributed by atoms with E-state index in [1.165, 1.54) is 5.56 Å². The van der Waals surface area contributed by atoms with Crippen LogP contribution in [0.4, 0.5) is 11.4 Å². The van der Waals surface area contributed by atoms with Gasteiger partial charge in [-0.25, -0.2) is 0 Å². The van der Waals surface area contributed by atoms with Crippen LogP contribution in [0.3, 0.4) is 0 Å². The molecule has 3 aromatic rings. The molecular formula is C23H25N3O3. The topological polar surface area (TPSA) is 83.4 Å². The van der Waals surface area contributed by atoms with Crippen LogP contribution in [0.2, 0.25) is 0 Å². The number of benzene rings is 2. The van der Waals surface area contributed by atoms with Crippen LogP contribution in [-0.2, 0) is 11.3 Å². The summed E-state index contributed by atoms with van der Waals surface area (Å²) < 4.78 is 5.21. The second-order valence-corrected chi connectivity index (χ2v) is 7.02. The van der Waals surface area contributed by atoms with Gasteiger partial charge in [-0.3, -0.25) is 9.59 Å². The Balaban J connectivity index is 1.56. The molecule has 0 unspecified atom stereocenters. The van der Waals surface area contributed by atoms with E-state index in [4.69, 9.17) is 4.42 Å². The highest BCUT2D eigenvalue weighted by molar-refractivity contribution is 5.96. The number of amides is 2. The van der Waals surface area contributed by atoms with Crippen LogP contribution in [-0.4, -0.2) is 18.4 Å². The van der Waals surface area contributed by atoms with Gasteiger partial charge < -0.3 is 20.4 Å². The van der Waals surface area contributed by atoms with Crippen molar-refractivity contribution in [2.24, 2.45) is 0 Å². The number of carbonyl (C=O) groups is 2. The van der Waals surface area contributed by atoms with Crippen molar-refractivity contribution >= 4 is 23.2 Å². The van der Waals surface area contributed by atoms with E-state index in [0.29, 0.717) is 23.6 Å². The lowest BCUT2D eigenvalue weighted by atomic mass is 10.1. The third-order valence-electron chi connectivity index (χ3n) is 4.52. The largest absolute Gasteiger partial charge is 0.467 e. The highest BCUT2D eigenvalue weighted by atomic mass is 16.3. The quantitative estimate of drug-likeness (QED) is 0.564. The molecular weight excluding hydrogens is 366 g/mol. The van der Waals surface area contributed by atoms with E-state index in [1.54, 1.807) is 36.6 Å². The zero-order valence-corrected chi connectivity index (χ0v) is 16.8. The van der Waals surface area contributed by atoms with Gasteiger partial charge in [-0.1, -0.05) is 23.8 Å². The molecule has 2 aromatic carbocycles. The van der Waals surface area contributed by atoms with Crippen LogP contribution in [0, 0.1) is 20.8 Å². The molecule has 0 aliphatic heterocycles. The number of anilines is 2. The van der Waals surface area contributed by atoms with Crippen molar-refractivity contribution in [1.82, 2.24) is 5.32 Å². The standard InChI is InChI=1S/C23H25N3O3/c1-15-10-16(2)22(17(3)11-15)26-21(27)14-24-19-7-4-6-18(12-19)23(28)25-13-20-8-5-9-29-20/h4-12,24H,13-14H2,1-3H3,(H,25,28)(H,26,27).